The van der Waals surface area contributed by atoms with Gasteiger partial charge < -0.3 is 30.4 Å². The molecular formula is C24H22ClF2N5O4. The van der Waals surface area contributed by atoms with Gasteiger partial charge in [-0.2, -0.15) is 0 Å². The normalized spacial score (nSPS) is 17.5. The monoisotopic (exact) mass is 517 g/mol. The number of hydrogen-bond acceptors (Lipinski definition) is 6. The van der Waals surface area contributed by atoms with Crippen molar-refractivity contribution in [1.29, 1.82) is 0 Å². The van der Waals surface area contributed by atoms with Crippen molar-refractivity contribution in [2.45, 2.75) is 24.5 Å². The molecule has 1 saturated heterocycles. The quantitative estimate of drug-likeness (QED) is 0.372. The van der Waals surface area contributed by atoms with Gasteiger partial charge in [0.05, 0.1) is 17.4 Å². The molecule has 0 spiro atoms. The second kappa shape index (κ2) is 9.40. The minimum atomic E-state index is -3.84. The number of aliphatic hydroxyl groups is 1. The molecular weight excluding hydrogens is 496 g/mol. The van der Waals surface area contributed by atoms with Crippen LogP contribution < -0.4 is 20.3 Å². The summed E-state index contributed by atoms with van der Waals surface area (Å²) >= 11 is 4.77. The molecule has 36 heavy (non-hydrogen) atoms. The number of nitrogens with zero attached hydrogens (tertiary/aromatic N) is 2. The minimum Gasteiger partial charge on any atom is -0.420 e. The summed E-state index contributed by atoms with van der Waals surface area (Å²) in [5.74, 6) is -0.233. The maximum absolute atomic E-state index is 13.0. The van der Waals surface area contributed by atoms with Gasteiger partial charge in [-0.25, -0.2) is 4.98 Å². The summed E-state index contributed by atoms with van der Waals surface area (Å²) in [5.41, 5.74) is -0.628. The highest BCUT2D eigenvalue weighted by atomic mass is 35.5. The molecule has 4 heterocycles. The SMILES string of the molecule is O=C(Nc1ccc(OC(F)(F)Cl)cc1)c1cnc(N2CC[C@@H](O)C2)c(-c2cc3c([nH]2)C(=O)NCC3)c1. The van der Waals surface area contributed by atoms with Gasteiger partial charge in [-0.3, -0.25) is 9.59 Å². The van der Waals surface area contributed by atoms with Crippen molar-refractivity contribution in [3.63, 3.8) is 0 Å². The Morgan fingerprint density at radius 1 is 1.28 bits per heavy atom. The molecule has 0 radical (unpaired) electrons. The molecule has 0 saturated carbocycles. The summed E-state index contributed by atoms with van der Waals surface area (Å²) < 4.78 is 29.9. The molecule has 1 aromatic carbocycles. The van der Waals surface area contributed by atoms with E-state index in [0.29, 0.717) is 60.9 Å². The number of hydrogen-bond donors (Lipinski definition) is 4. The standard InChI is InChI=1S/C24H22ClF2N5O4/c25-24(26,27)36-17-3-1-15(2-4-17)30-22(34)14-9-18(21(29-11-14)32-8-6-16(33)12-32)19-10-13-5-7-28-23(35)20(13)31-19/h1-4,9-11,16,31,33H,5-8,12H2,(H,28,35)(H,30,34)/t16-/m1/s1. The van der Waals surface area contributed by atoms with Crippen molar-refractivity contribution < 1.29 is 28.2 Å². The Hall–Kier alpha value is -3.70. The van der Waals surface area contributed by atoms with Gasteiger partial charge in [-0.05, 0) is 54.8 Å². The predicted molar refractivity (Wildman–Crippen MR) is 129 cm³/mol. The number of halogens is 3. The molecule has 2 aliphatic heterocycles. The average molecular weight is 518 g/mol. The van der Waals surface area contributed by atoms with Crippen LogP contribution in [0.15, 0.2) is 42.6 Å². The molecule has 1 fully saturated rings. The molecule has 2 aliphatic rings. The second-order valence-electron chi connectivity index (χ2n) is 8.60. The van der Waals surface area contributed by atoms with Crippen LogP contribution in [0, 0.1) is 0 Å². The molecule has 188 valence electrons. The molecule has 9 nitrogen and oxygen atoms in total. The molecule has 5 rings (SSSR count). The zero-order chi connectivity index (χ0) is 25.4. The number of carbonyl (C=O) groups is 2. The van der Waals surface area contributed by atoms with Crippen LogP contribution in [0.1, 0.15) is 32.8 Å². The van der Waals surface area contributed by atoms with E-state index in [1.165, 1.54) is 30.5 Å². The Labute approximate surface area is 209 Å². The molecule has 0 bridgehead atoms. The molecule has 0 unspecified atom stereocenters. The Morgan fingerprint density at radius 3 is 2.72 bits per heavy atom. The van der Waals surface area contributed by atoms with Crippen molar-refractivity contribution in [2.24, 2.45) is 0 Å². The van der Waals surface area contributed by atoms with E-state index in [0.717, 1.165) is 5.56 Å². The molecule has 12 heteroatoms. The highest BCUT2D eigenvalue weighted by Crippen LogP contribution is 2.34. The summed E-state index contributed by atoms with van der Waals surface area (Å²) in [6.45, 7) is 1.55. The largest absolute Gasteiger partial charge is 0.487 e. The van der Waals surface area contributed by atoms with Gasteiger partial charge in [0.25, 0.3) is 11.8 Å². The van der Waals surface area contributed by atoms with Crippen LogP contribution >= 0.6 is 11.6 Å². The number of carbonyl (C=O) groups excluding carboxylic acids is 2. The number of amides is 2. The summed E-state index contributed by atoms with van der Waals surface area (Å²) in [6, 6.07) is 8.87. The smallest absolute Gasteiger partial charge is 0.420 e. The van der Waals surface area contributed by atoms with E-state index in [1.54, 1.807) is 6.07 Å². The van der Waals surface area contributed by atoms with E-state index in [4.69, 9.17) is 11.6 Å². The third-order valence-corrected chi connectivity index (χ3v) is 6.11. The number of pyridine rings is 1. The lowest BCUT2D eigenvalue weighted by Gasteiger charge is -2.20. The Balaban J connectivity index is 1.44. The number of alkyl halides is 3. The van der Waals surface area contributed by atoms with Crippen molar-refractivity contribution >= 4 is 34.9 Å². The number of nitrogens with one attached hydrogen (secondary N) is 3. The lowest BCUT2D eigenvalue weighted by Crippen LogP contribution is -2.31. The number of fused-ring (bicyclic) bond motifs is 1. The first-order chi connectivity index (χ1) is 17.2. The number of aliphatic hydroxyl groups excluding tert-OH is 1. The fraction of sp³-hybridized carbons (Fsp3) is 0.292. The predicted octanol–water partition coefficient (Wildman–Crippen LogP) is 3.35. The van der Waals surface area contributed by atoms with Crippen molar-refractivity contribution in [3.8, 4) is 17.0 Å². The zero-order valence-corrected chi connectivity index (χ0v) is 19.6. The number of benzene rings is 1. The highest BCUT2D eigenvalue weighted by molar-refractivity contribution is 6.20. The van der Waals surface area contributed by atoms with Gasteiger partial charge >= 0.3 is 5.57 Å². The first-order valence-electron chi connectivity index (χ1n) is 11.3. The van der Waals surface area contributed by atoms with Crippen LogP contribution in [0.2, 0.25) is 0 Å². The fourth-order valence-electron chi connectivity index (χ4n) is 4.35. The Bertz CT molecular complexity index is 1310. The summed E-state index contributed by atoms with van der Waals surface area (Å²) in [6.07, 6.45) is 2.23. The number of β-amino-alcohol motifs (C(OH)–C–C–N with tert-alkyl or cyclic N) is 1. The van der Waals surface area contributed by atoms with Gasteiger partial charge in [0.2, 0.25) is 0 Å². The van der Waals surface area contributed by atoms with Crippen molar-refractivity contribution in [1.82, 2.24) is 15.3 Å². The summed E-state index contributed by atoms with van der Waals surface area (Å²) in [4.78, 5) is 34.9. The number of rotatable bonds is 6. The van der Waals surface area contributed by atoms with E-state index < -0.39 is 17.6 Å². The van der Waals surface area contributed by atoms with Crippen molar-refractivity contribution in [2.75, 3.05) is 29.9 Å². The van der Waals surface area contributed by atoms with Crippen LogP contribution in [-0.2, 0) is 6.42 Å². The summed E-state index contributed by atoms with van der Waals surface area (Å²) in [5, 5.41) is 15.5. The Morgan fingerprint density at radius 2 is 2.06 bits per heavy atom. The molecule has 4 N–H and O–H groups in total. The van der Waals surface area contributed by atoms with E-state index in [1.807, 2.05) is 11.0 Å². The average Bonchev–Trinajstić information content (AvgIpc) is 3.46. The minimum absolute atomic E-state index is 0.158. The maximum Gasteiger partial charge on any atom is 0.487 e. The first kappa shape index (κ1) is 24.0. The van der Waals surface area contributed by atoms with Gasteiger partial charge in [-0.1, -0.05) is 0 Å². The highest BCUT2D eigenvalue weighted by Gasteiger charge is 2.28. The lowest BCUT2D eigenvalue weighted by atomic mass is 10.1. The van der Waals surface area contributed by atoms with Gasteiger partial charge in [0.1, 0.15) is 17.3 Å². The third-order valence-electron chi connectivity index (χ3n) is 6.03. The van der Waals surface area contributed by atoms with Gasteiger partial charge in [-0.15, -0.1) is 8.78 Å². The van der Waals surface area contributed by atoms with E-state index in [2.05, 4.69) is 25.3 Å². The van der Waals surface area contributed by atoms with E-state index in [-0.39, 0.29) is 17.2 Å². The fourth-order valence-corrected chi connectivity index (χ4v) is 4.44. The molecule has 3 aromatic rings. The molecule has 0 aliphatic carbocycles. The third kappa shape index (κ3) is 5.12. The zero-order valence-electron chi connectivity index (χ0n) is 18.9. The Kier molecular flexibility index (Phi) is 6.27. The van der Waals surface area contributed by atoms with Crippen LogP contribution in [0.4, 0.5) is 20.3 Å². The van der Waals surface area contributed by atoms with Crippen LogP contribution in [0.5, 0.6) is 5.75 Å². The van der Waals surface area contributed by atoms with Gasteiger partial charge in [0, 0.05) is 48.7 Å². The van der Waals surface area contributed by atoms with Crippen LogP contribution in [-0.4, -0.2) is 58.2 Å². The van der Waals surface area contributed by atoms with Crippen LogP contribution in [0.3, 0.4) is 0 Å². The maximum atomic E-state index is 13.0. The number of aromatic amines is 1. The topological polar surface area (TPSA) is 120 Å². The number of H-pyrrole nitrogens is 1. The molecule has 2 aromatic heterocycles. The number of ether oxygens (including phenoxy) is 1. The van der Waals surface area contributed by atoms with E-state index in [9.17, 15) is 23.5 Å². The second-order valence-corrected chi connectivity index (χ2v) is 9.04. The number of aromatic nitrogens is 2. The van der Waals surface area contributed by atoms with Crippen LogP contribution in [0.25, 0.3) is 11.3 Å². The molecule has 1 atom stereocenters. The number of anilines is 2. The summed E-state index contributed by atoms with van der Waals surface area (Å²) in [7, 11) is 0. The first-order valence-corrected chi connectivity index (χ1v) is 11.6. The van der Waals surface area contributed by atoms with Gasteiger partial charge in [0.15, 0.2) is 0 Å². The molecule has 2 amide bonds. The van der Waals surface area contributed by atoms with E-state index >= 15 is 0 Å². The lowest BCUT2D eigenvalue weighted by molar-refractivity contribution is -0.0964. The van der Waals surface area contributed by atoms with Crippen molar-refractivity contribution in [3.05, 3.63) is 59.4 Å².